The molecule has 0 aliphatic carbocycles. The van der Waals surface area contributed by atoms with Gasteiger partial charge in [-0.15, -0.1) is 10.2 Å². The van der Waals surface area contributed by atoms with Gasteiger partial charge in [0, 0.05) is 12.5 Å². The summed E-state index contributed by atoms with van der Waals surface area (Å²) in [5.41, 5.74) is 2.61. The number of hydrogen-bond acceptors (Lipinski definition) is 5. The molecule has 6 heteroatoms. The summed E-state index contributed by atoms with van der Waals surface area (Å²) in [6.45, 7) is 3.38. The molecule has 0 saturated heterocycles. The number of hydrogen-bond donors (Lipinski definition) is 0. The molecule has 3 rings (SSSR count). The normalized spacial score (nSPS) is 11.6. The fraction of sp³-hybridized carbons (Fsp3) is 0.176. The van der Waals surface area contributed by atoms with Crippen LogP contribution < -0.4 is 0 Å². The Hall–Kier alpha value is -2.47. The van der Waals surface area contributed by atoms with Crippen molar-refractivity contribution in [3.8, 4) is 22.6 Å². The van der Waals surface area contributed by atoms with E-state index in [9.17, 15) is 8.42 Å². The van der Waals surface area contributed by atoms with Crippen molar-refractivity contribution in [1.29, 1.82) is 0 Å². The minimum atomic E-state index is -3.21. The third-order valence-electron chi connectivity index (χ3n) is 3.56. The second kappa shape index (κ2) is 5.96. The fourth-order valence-corrected chi connectivity index (χ4v) is 3.18. The van der Waals surface area contributed by atoms with Crippen molar-refractivity contribution in [2.75, 3.05) is 5.75 Å². The minimum absolute atomic E-state index is 0.0892. The van der Waals surface area contributed by atoms with Crippen molar-refractivity contribution in [1.82, 2.24) is 10.2 Å². The second-order valence-electron chi connectivity index (χ2n) is 5.13. The third-order valence-corrected chi connectivity index (χ3v) is 5.30. The highest BCUT2D eigenvalue weighted by atomic mass is 32.2. The molecule has 0 fully saturated rings. The molecule has 118 valence electrons. The second-order valence-corrected chi connectivity index (χ2v) is 7.41. The summed E-state index contributed by atoms with van der Waals surface area (Å²) in [6, 6.07) is 14.5. The highest BCUT2D eigenvalue weighted by Gasteiger charge is 2.12. The van der Waals surface area contributed by atoms with Crippen LogP contribution in [0.25, 0.3) is 22.6 Å². The maximum Gasteiger partial charge on any atom is 0.247 e. The number of rotatable bonds is 4. The van der Waals surface area contributed by atoms with Gasteiger partial charge in [-0.1, -0.05) is 31.2 Å². The topological polar surface area (TPSA) is 73.1 Å². The lowest BCUT2D eigenvalue weighted by Crippen LogP contribution is -2.03. The predicted molar refractivity (Wildman–Crippen MR) is 87.6 cm³/mol. The molecule has 0 N–H and O–H groups in total. The summed E-state index contributed by atoms with van der Waals surface area (Å²) < 4.78 is 29.4. The van der Waals surface area contributed by atoms with Crippen LogP contribution in [0.15, 0.2) is 57.8 Å². The van der Waals surface area contributed by atoms with E-state index in [4.69, 9.17) is 4.42 Å². The van der Waals surface area contributed by atoms with Crippen molar-refractivity contribution in [2.24, 2.45) is 0 Å². The Balaban J connectivity index is 1.95. The molecule has 1 heterocycles. The molecule has 1 aromatic heterocycles. The lowest BCUT2D eigenvalue weighted by molar-refractivity contribution is 0.533. The minimum Gasteiger partial charge on any atom is -0.421 e. The Bertz CT molecular complexity index is 928. The van der Waals surface area contributed by atoms with Crippen LogP contribution in [0.2, 0.25) is 0 Å². The van der Waals surface area contributed by atoms with Gasteiger partial charge in [0.1, 0.15) is 0 Å². The zero-order valence-corrected chi connectivity index (χ0v) is 13.7. The van der Waals surface area contributed by atoms with Gasteiger partial charge in [0.15, 0.2) is 9.84 Å². The van der Waals surface area contributed by atoms with Gasteiger partial charge in [0.2, 0.25) is 11.8 Å². The predicted octanol–water partition coefficient (Wildman–Crippen LogP) is 3.51. The Morgan fingerprint density at radius 1 is 0.957 bits per heavy atom. The van der Waals surface area contributed by atoms with Crippen LogP contribution in [-0.4, -0.2) is 24.4 Å². The third kappa shape index (κ3) is 3.17. The Kier molecular flexibility index (Phi) is 4.00. The van der Waals surface area contributed by atoms with E-state index in [1.54, 1.807) is 32.0 Å². The molecule has 0 radical (unpaired) electrons. The van der Waals surface area contributed by atoms with E-state index in [1.165, 1.54) is 0 Å². The summed E-state index contributed by atoms with van der Waals surface area (Å²) in [6.07, 6.45) is 0. The Labute approximate surface area is 134 Å². The lowest BCUT2D eigenvalue weighted by atomic mass is 10.0. The average molecular weight is 328 g/mol. The van der Waals surface area contributed by atoms with E-state index < -0.39 is 9.84 Å². The zero-order chi connectivity index (χ0) is 16.4. The number of sulfone groups is 1. The largest absolute Gasteiger partial charge is 0.421 e. The molecule has 2 aromatic carbocycles. The van der Waals surface area contributed by atoms with Gasteiger partial charge < -0.3 is 4.42 Å². The van der Waals surface area contributed by atoms with Crippen LogP contribution in [-0.2, 0) is 9.84 Å². The first-order chi connectivity index (χ1) is 11.0. The van der Waals surface area contributed by atoms with Gasteiger partial charge in [0.25, 0.3) is 0 Å². The van der Waals surface area contributed by atoms with Crippen molar-refractivity contribution in [3.05, 3.63) is 54.4 Å². The maximum absolute atomic E-state index is 12.0. The van der Waals surface area contributed by atoms with Crippen LogP contribution in [0.3, 0.4) is 0 Å². The number of benzene rings is 2. The molecule has 0 bridgehead atoms. The van der Waals surface area contributed by atoms with Crippen LogP contribution in [0, 0.1) is 6.92 Å². The molecule has 0 aliphatic rings. The molecule has 0 saturated carbocycles. The van der Waals surface area contributed by atoms with Gasteiger partial charge in [-0.2, -0.15) is 0 Å². The Morgan fingerprint density at radius 3 is 2.26 bits per heavy atom. The lowest BCUT2D eigenvalue weighted by Gasteiger charge is -2.06. The van der Waals surface area contributed by atoms with E-state index in [1.807, 2.05) is 30.3 Å². The van der Waals surface area contributed by atoms with E-state index in [2.05, 4.69) is 10.2 Å². The van der Waals surface area contributed by atoms with E-state index >= 15 is 0 Å². The quantitative estimate of drug-likeness (QED) is 0.733. The summed E-state index contributed by atoms with van der Waals surface area (Å²) in [5, 5.41) is 7.79. The SMILES string of the molecule is CCS(=O)(=O)c1cccc(-c2ccc(-c3nnc(C)o3)cc2)c1. The first kappa shape index (κ1) is 15.4. The molecule has 5 nitrogen and oxygen atoms in total. The van der Waals surface area contributed by atoms with Crippen LogP contribution in [0.1, 0.15) is 12.8 Å². The molecule has 0 amide bonds. The van der Waals surface area contributed by atoms with Crippen molar-refractivity contribution in [3.63, 3.8) is 0 Å². The highest BCUT2D eigenvalue weighted by molar-refractivity contribution is 7.91. The highest BCUT2D eigenvalue weighted by Crippen LogP contribution is 2.26. The van der Waals surface area contributed by atoms with Gasteiger partial charge >= 0.3 is 0 Å². The summed E-state index contributed by atoms with van der Waals surface area (Å²) >= 11 is 0. The fourth-order valence-electron chi connectivity index (χ4n) is 2.25. The number of aromatic nitrogens is 2. The van der Waals surface area contributed by atoms with Gasteiger partial charge in [-0.3, -0.25) is 0 Å². The molecule has 3 aromatic rings. The smallest absolute Gasteiger partial charge is 0.247 e. The van der Waals surface area contributed by atoms with Crippen LogP contribution in [0.4, 0.5) is 0 Å². The molecule has 23 heavy (non-hydrogen) atoms. The molecule has 0 unspecified atom stereocenters. The maximum atomic E-state index is 12.0. The summed E-state index contributed by atoms with van der Waals surface area (Å²) in [7, 11) is -3.21. The van der Waals surface area contributed by atoms with Gasteiger partial charge in [0.05, 0.1) is 10.6 Å². The summed E-state index contributed by atoms with van der Waals surface area (Å²) in [4.78, 5) is 0.342. The molecular weight excluding hydrogens is 312 g/mol. The van der Waals surface area contributed by atoms with E-state index in [0.717, 1.165) is 16.7 Å². The molecule has 0 aliphatic heterocycles. The molecule has 0 atom stereocenters. The number of nitrogens with zero attached hydrogens (tertiary/aromatic N) is 2. The van der Waals surface area contributed by atoms with Crippen LogP contribution in [0.5, 0.6) is 0 Å². The molecule has 0 spiro atoms. The first-order valence-corrected chi connectivity index (χ1v) is 8.88. The van der Waals surface area contributed by atoms with Crippen molar-refractivity contribution < 1.29 is 12.8 Å². The van der Waals surface area contributed by atoms with Crippen LogP contribution >= 0.6 is 0 Å². The monoisotopic (exact) mass is 328 g/mol. The van der Waals surface area contributed by atoms with Crippen molar-refractivity contribution in [2.45, 2.75) is 18.7 Å². The van der Waals surface area contributed by atoms with E-state index in [-0.39, 0.29) is 5.75 Å². The van der Waals surface area contributed by atoms with Crippen molar-refractivity contribution >= 4 is 9.84 Å². The standard InChI is InChI=1S/C17H16N2O3S/c1-3-23(20,21)16-6-4-5-15(11-16)13-7-9-14(10-8-13)17-19-18-12(2)22-17/h4-11H,3H2,1-2H3. The van der Waals surface area contributed by atoms with Gasteiger partial charge in [-0.25, -0.2) is 8.42 Å². The zero-order valence-electron chi connectivity index (χ0n) is 12.9. The number of aryl methyl sites for hydroxylation is 1. The first-order valence-electron chi connectivity index (χ1n) is 7.23. The van der Waals surface area contributed by atoms with Gasteiger partial charge in [-0.05, 0) is 35.4 Å². The van der Waals surface area contributed by atoms with E-state index in [0.29, 0.717) is 16.7 Å². The molecular formula is C17H16N2O3S. The average Bonchev–Trinajstić information content (AvgIpc) is 3.01. The Morgan fingerprint density at radius 2 is 1.65 bits per heavy atom. The summed E-state index contributed by atoms with van der Waals surface area (Å²) in [5.74, 6) is 1.07.